The van der Waals surface area contributed by atoms with E-state index in [2.05, 4.69) is 9.88 Å². The van der Waals surface area contributed by atoms with Crippen LogP contribution in [0.1, 0.15) is 24.5 Å². The molecule has 5 rings (SSSR count). The van der Waals surface area contributed by atoms with E-state index in [4.69, 9.17) is 9.47 Å². The maximum Gasteiger partial charge on any atom is 0.415 e. The van der Waals surface area contributed by atoms with Crippen LogP contribution in [0.4, 0.5) is 16.3 Å². The molecule has 35 heavy (non-hydrogen) atoms. The Balaban J connectivity index is 1.09. The Morgan fingerprint density at radius 2 is 2.03 bits per heavy atom. The van der Waals surface area contributed by atoms with Gasteiger partial charge < -0.3 is 29.4 Å². The first kappa shape index (κ1) is 23.1. The third-order valence-corrected chi connectivity index (χ3v) is 6.80. The van der Waals surface area contributed by atoms with E-state index in [9.17, 15) is 19.7 Å². The van der Waals surface area contributed by atoms with Gasteiger partial charge in [-0.3, -0.25) is 14.3 Å². The second-order valence-corrected chi connectivity index (χ2v) is 9.55. The lowest BCUT2D eigenvalue weighted by atomic mass is 9.99. The average Bonchev–Trinajstić information content (AvgIpc) is 3.35. The zero-order chi connectivity index (χ0) is 24.7. The number of anilines is 1. The average molecular weight is 485 g/mol. The number of ether oxygens (including phenoxy) is 2. The molecule has 1 aromatic carbocycles. The Hall–Kier alpha value is -3.67. The molecular formula is C23H28N6O6. The summed E-state index contributed by atoms with van der Waals surface area (Å²) in [7, 11) is 1.78. The molecule has 1 aromatic heterocycles. The molecule has 186 valence electrons. The predicted molar refractivity (Wildman–Crippen MR) is 124 cm³/mol. The SMILES string of the molecule is CN1C(=O)CCc2cc(COC(=O)N3CCN(C[C@@]4(C)Cn5cc([N+](=O)[O-])nc5O4)CC3)ccc21. The Bertz CT molecular complexity index is 1150. The maximum atomic E-state index is 12.6. The second-order valence-electron chi connectivity index (χ2n) is 9.55. The van der Waals surface area contributed by atoms with E-state index in [1.54, 1.807) is 21.4 Å². The van der Waals surface area contributed by atoms with Crippen molar-refractivity contribution in [3.63, 3.8) is 0 Å². The van der Waals surface area contributed by atoms with Crippen LogP contribution in [0.2, 0.25) is 0 Å². The highest BCUT2D eigenvalue weighted by atomic mass is 16.6. The van der Waals surface area contributed by atoms with Gasteiger partial charge in [0.15, 0.2) is 0 Å². The molecule has 3 aliphatic rings. The van der Waals surface area contributed by atoms with Crippen molar-refractivity contribution in [2.24, 2.45) is 0 Å². The quantitative estimate of drug-likeness (QED) is 0.465. The third-order valence-electron chi connectivity index (χ3n) is 6.80. The van der Waals surface area contributed by atoms with Crippen molar-refractivity contribution >= 4 is 23.5 Å². The van der Waals surface area contributed by atoms with Gasteiger partial charge in [-0.2, -0.15) is 0 Å². The number of carbonyl (C=O) groups is 2. The monoisotopic (exact) mass is 484 g/mol. The van der Waals surface area contributed by atoms with Gasteiger partial charge in [-0.15, -0.1) is 0 Å². The number of piperazine rings is 1. The number of aryl methyl sites for hydroxylation is 1. The van der Waals surface area contributed by atoms with Gasteiger partial charge in [0, 0.05) is 56.9 Å². The van der Waals surface area contributed by atoms with Crippen LogP contribution in [0, 0.1) is 10.1 Å². The maximum absolute atomic E-state index is 12.6. The number of carbonyl (C=O) groups excluding carboxylic acids is 2. The van der Waals surface area contributed by atoms with Gasteiger partial charge in [-0.25, -0.2) is 4.79 Å². The number of aromatic nitrogens is 2. The van der Waals surface area contributed by atoms with Crippen molar-refractivity contribution in [1.82, 2.24) is 19.4 Å². The van der Waals surface area contributed by atoms with Crippen LogP contribution in [0.3, 0.4) is 0 Å². The summed E-state index contributed by atoms with van der Waals surface area (Å²) >= 11 is 0. The van der Waals surface area contributed by atoms with E-state index >= 15 is 0 Å². The third kappa shape index (κ3) is 4.65. The van der Waals surface area contributed by atoms with Crippen LogP contribution in [0.5, 0.6) is 6.01 Å². The minimum Gasteiger partial charge on any atom is -0.445 e. The van der Waals surface area contributed by atoms with Crippen LogP contribution in [-0.2, 0) is 29.1 Å². The number of hydrogen-bond donors (Lipinski definition) is 0. The van der Waals surface area contributed by atoms with Gasteiger partial charge in [0.1, 0.15) is 18.4 Å². The van der Waals surface area contributed by atoms with Crippen molar-refractivity contribution in [2.45, 2.75) is 38.5 Å². The highest BCUT2D eigenvalue weighted by Gasteiger charge is 2.42. The summed E-state index contributed by atoms with van der Waals surface area (Å²) in [6.07, 6.45) is 2.24. The van der Waals surface area contributed by atoms with E-state index in [-0.39, 0.29) is 30.4 Å². The van der Waals surface area contributed by atoms with Gasteiger partial charge in [0.25, 0.3) is 0 Å². The predicted octanol–water partition coefficient (Wildman–Crippen LogP) is 1.81. The molecule has 0 bridgehead atoms. The smallest absolute Gasteiger partial charge is 0.415 e. The highest BCUT2D eigenvalue weighted by molar-refractivity contribution is 5.95. The molecule has 1 atom stereocenters. The molecule has 2 aromatic rings. The largest absolute Gasteiger partial charge is 0.445 e. The summed E-state index contributed by atoms with van der Waals surface area (Å²) in [4.78, 5) is 44.3. The molecule has 12 nitrogen and oxygen atoms in total. The Morgan fingerprint density at radius 1 is 1.26 bits per heavy atom. The lowest BCUT2D eigenvalue weighted by Crippen LogP contribution is -2.53. The van der Waals surface area contributed by atoms with Gasteiger partial charge in [0.2, 0.25) is 5.91 Å². The van der Waals surface area contributed by atoms with E-state index < -0.39 is 10.5 Å². The molecule has 0 saturated carbocycles. The minimum atomic E-state index is -0.536. The fourth-order valence-corrected chi connectivity index (χ4v) is 4.96. The van der Waals surface area contributed by atoms with Crippen LogP contribution in [0.25, 0.3) is 0 Å². The summed E-state index contributed by atoms with van der Waals surface area (Å²) in [5, 5.41) is 10.9. The Morgan fingerprint density at radius 3 is 2.74 bits per heavy atom. The summed E-state index contributed by atoms with van der Waals surface area (Å²) in [5.41, 5.74) is 2.37. The molecule has 12 heteroatoms. The summed E-state index contributed by atoms with van der Waals surface area (Å²) < 4.78 is 13.1. The fourth-order valence-electron chi connectivity index (χ4n) is 4.96. The standard InChI is InChI=1S/C23H28N6O6/c1-23(15-28-12-19(29(32)33)24-21(28)35-23)14-26-7-9-27(10-8-26)22(31)34-13-16-3-5-18-17(11-16)4-6-20(30)25(18)2/h3,5,11-12H,4,6-10,13-15H2,1-2H3/t23-/m0/s1. The first-order valence-corrected chi connectivity index (χ1v) is 11.6. The molecule has 3 aliphatic heterocycles. The Kier molecular flexibility index (Phi) is 5.83. The molecule has 0 aliphatic carbocycles. The molecule has 0 unspecified atom stereocenters. The molecule has 0 spiro atoms. The van der Waals surface area contributed by atoms with E-state index in [1.807, 2.05) is 25.1 Å². The first-order chi connectivity index (χ1) is 16.7. The normalized spacial score (nSPS) is 21.9. The number of nitro groups is 1. The lowest BCUT2D eigenvalue weighted by molar-refractivity contribution is -0.389. The number of fused-ring (bicyclic) bond motifs is 2. The van der Waals surface area contributed by atoms with Crippen molar-refractivity contribution in [3.8, 4) is 6.01 Å². The van der Waals surface area contributed by atoms with Gasteiger partial charge in [-0.1, -0.05) is 12.1 Å². The second kappa shape index (κ2) is 8.84. The van der Waals surface area contributed by atoms with E-state index in [0.29, 0.717) is 52.1 Å². The summed E-state index contributed by atoms with van der Waals surface area (Å²) in [5.74, 6) is -0.105. The van der Waals surface area contributed by atoms with Crippen LogP contribution in [-0.4, -0.2) is 81.6 Å². The van der Waals surface area contributed by atoms with Gasteiger partial charge in [0.05, 0.1) is 6.54 Å². The molecule has 1 saturated heterocycles. The number of amides is 2. The molecule has 1 fully saturated rings. The van der Waals surface area contributed by atoms with Crippen molar-refractivity contribution in [1.29, 1.82) is 0 Å². The van der Waals surface area contributed by atoms with Crippen molar-refractivity contribution < 1.29 is 24.0 Å². The van der Waals surface area contributed by atoms with Crippen LogP contribution in [0.15, 0.2) is 24.4 Å². The van der Waals surface area contributed by atoms with Crippen molar-refractivity contribution in [3.05, 3.63) is 45.6 Å². The highest BCUT2D eigenvalue weighted by Crippen LogP contribution is 2.32. The zero-order valence-corrected chi connectivity index (χ0v) is 19.8. The van der Waals surface area contributed by atoms with Gasteiger partial charge >= 0.3 is 17.9 Å². The topological polar surface area (TPSA) is 123 Å². The number of nitrogens with zero attached hydrogens (tertiary/aromatic N) is 6. The van der Waals surface area contributed by atoms with Crippen LogP contribution >= 0.6 is 0 Å². The molecule has 4 heterocycles. The summed E-state index contributed by atoms with van der Waals surface area (Å²) in [6, 6.07) is 6.07. The molecule has 0 radical (unpaired) electrons. The van der Waals surface area contributed by atoms with Crippen LogP contribution < -0.4 is 9.64 Å². The first-order valence-electron chi connectivity index (χ1n) is 11.6. The lowest BCUT2D eigenvalue weighted by Gasteiger charge is -2.37. The zero-order valence-electron chi connectivity index (χ0n) is 19.8. The number of rotatable bonds is 5. The number of imidazole rings is 1. The summed E-state index contributed by atoms with van der Waals surface area (Å²) in [6.45, 7) is 5.69. The molecular weight excluding hydrogens is 456 g/mol. The molecule has 2 amide bonds. The van der Waals surface area contributed by atoms with Crippen molar-refractivity contribution in [2.75, 3.05) is 44.7 Å². The number of benzene rings is 1. The molecule has 0 N–H and O–H groups in total. The van der Waals surface area contributed by atoms with E-state index in [1.165, 1.54) is 6.20 Å². The Labute approximate surface area is 202 Å². The minimum absolute atomic E-state index is 0.110. The van der Waals surface area contributed by atoms with Gasteiger partial charge in [-0.05, 0) is 35.5 Å². The van der Waals surface area contributed by atoms with E-state index in [0.717, 1.165) is 16.8 Å². The fraction of sp³-hybridized carbons (Fsp3) is 0.522. The number of hydrogen-bond acceptors (Lipinski definition) is 8.